The molecule has 14 heavy (non-hydrogen) atoms. The fraction of sp³-hybridized carbons (Fsp3) is 0.500. The maximum Gasteiger partial charge on any atom is 0.273 e. The number of aryl methyl sites for hydroxylation is 1. The molecule has 0 radical (unpaired) electrons. The number of amides is 1. The van der Waals surface area contributed by atoms with Crippen LogP contribution >= 0.6 is 12.4 Å². The summed E-state index contributed by atoms with van der Waals surface area (Å²) in [6.07, 6.45) is 0. The van der Waals surface area contributed by atoms with Crippen molar-refractivity contribution in [3.05, 3.63) is 17.5 Å². The number of nitrogens with two attached hydrogens (primary N) is 1. The van der Waals surface area contributed by atoms with E-state index < -0.39 is 0 Å². The fourth-order valence-electron chi connectivity index (χ4n) is 0.830. The van der Waals surface area contributed by atoms with Crippen LogP contribution in [-0.4, -0.2) is 23.7 Å². The molecule has 1 amide bonds. The summed E-state index contributed by atoms with van der Waals surface area (Å²) in [6, 6.07) is 1.53. The Kier molecular flexibility index (Phi) is 5.19. The SMILES string of the molecule is Cc1cc(C(=O)N[C@@H](C)CN)no1.Cl. The summed E-state index contributed by atoms with van der Waals surface area (Å²) >= 11 is 0. The second-order valence-electron chi connectivity index (χ2n) is 2.93. The summed E-state index contributed by atoms with van der Waals surface area (Å²) < 4.78 is 4.76. The highest BCUT2D eigenvalue weighted by Gasteiger charge is 2.12. The Bertz CT molecular complexity index is 301. The van der Waals surface area contributed by atoms with Gasteiger partial charge in [0.2, 0.25) is 0 Å². The Hall–Kier alpha value is -1.07. The molecule has 1 atom stereocenters. The Balaban J connectivity index is 0.00000169. The number of nitrogens with zero attached hydrogens (tertiary/aromatic N) is 1. The minimum absolute atomic E-state index is 0. The lowest BCUT2D eigenvalue weighted by Crippen LogP contribution is -2.37. The first-order chi connectivity index (χ1) is 6.13. The Morgan fingerprint density at radius 1 is 1.79 bits per heavy atom. The molecule has 1 rings (SSSR count). The average Bonchev–Trinajstić information content (AvgIpc) is 2.51. The molecule has 0 saturated heterocycles. The smallest absolute Gasteiger partial charge is 0.273 e. The van der Waals surface area contributed by atoms with E-state index in [0.717, 1.165) is 0 Å². The number of halogens is 1. The van der Waals surface area contributed by atoms with Gasteiger partial charge >= 0.3 is 0 Å². The lowest BCUT2D eigenvalue weighted by atomic mass is 10.3. The predicted octanol–water partition coefficient (Wildman–Crippen LogP) is 0.482. The topological polar surface area (TPSA) is 81.2 Å². The molecule has 80 valence electrons. The van der Waals surface area contributed by atoms with E-state index in [2.05, 4.69) is 10.5 Å². The summed E-state index contributed by atoms with van der Waals surface area (Å²) in [5.74, 6) is 0.361. The van der Waals surface area contributed by atoms with Crippen LogP contribution in [0.3, 0.4) is 0 Å². The summed E-state index contributed by atoms with van der Waals surface area (Å²) in [7, 11) is 0. The van der Waals surface area contributed by atoms with E-state index in [1.165, 1.54) is 0 Å². The summed E-state index contributed by atoms with van der Waals surface area (Å²) in [5, 5.41) is 6.25. The number of carbonyl (C=O) groups excluding carboxylic acids is 1. The molecule has 0 aliphatic rings. The van der Waals surface area contributed by atoms with E-state index >= 15 is 0 Å². The molecule has 0 spiro atoms. The van der Waals surface area contributed by atoms with Crippen molar-refractivity contribution >= 4 is 18.3 Å². The molecule has 1 aromatic heterocycles. The van der Waals surface area contributed by atoms with Crippen molar-refractivity contribution in [2.24, 2.45) is 5.73 Å². The van der Waals surface area contributed by atoms with Crippen molar-refractivity contribution in [1.29, 1.82) is 0 Å². The van der Waals surface area contributed by atoms with Gasteiger partial charge < -0.3 is 15.6 Å². The molecule has 0 aliphatic carbocycles. The highest BCUT2D eigenvalue weighted by atomic mass is 35.5. The molecule has 0 aromatic carbocycles. The largest absolute Gasteiger partial charge is 0.361 e. The van der Waals surface area contributed by atoms with Crippen molar-refractivity contribution < 1.29 is 9.32 Å². The van der Waals surface area contributed by atoms with Crippen LogP contribution in [0.1, 0.15) is 23.2 Å². The first-order valence-corrected chi connectivity index (χ1v) is 4.07. The van der Waals surface area contributed by atoms with Crippen LogP contribution in [0.2, 0.25) is 0 Å². The standard InChI is InChI=1S/C8H13N3O2.ClH/c1-5(4-9)10-8(12)7-3-6(2)13-11-7;/h3,5H,4,9H2,1-2H3,(H,10,12);1H/t5-;/m0./s1. The number of aromatic nitrogens is 1. The van der Waals surface area contributed by atoms with Gasteiger partial charge in [0.25, 0.3) is 5.91 Å². The van der Waals surface area contributed by atoms with E-state index in [1.807, 2.05) is 6.92 Å². The maximum absolute atomic E-state index is 11.3. The third-order valence-corrected chi connectivity index (χ3v) is 1.59. The first kappa shape index (κ1) is 12.9. The third kappa shape index (κ3) is 3.35. The van der Waals surface area contributed by atoms with E-state index in [-0.39, 0.29) is 30.0 Å². The monoisotopic (exact) mass is 219 g/mol. The second-order valence-corrected chi connectivity index (χ2v) is 2.93. The quantitative estimate of drug-likeness (QED) is 0.775. The van der Waals surface area contributed by atoms with Gasteiger partial charge in [-0.15, -0.1) is 12.4 Å². The molecule has 0 bridgehead atoms. The van der Waals surface area contributed by atoms with Crippen LogP contribution in [0.4, 0.5) is 0 Å². The van der Waals surface area contributed by atoms with Crippen molar-refractivity contribution in [2.75, 3.05) is 6.54 Å². The maximum atomic E-state index is 11.3. The van der Waals surface area contributed by atoms with Crippen LogP contribution in [0.15, 0.2) is 10.6 Å². The molecule has 1 heterocycles. The summed E-state index contributed by atoms with van der Waals surface area (Å²) in [4.78, 5) is 11.3. The van der Waals surface area contributed by atoms with E-state index in [0.29, 0.717) is 12.3 Å². The number of hydrogen-bond acceptors (Lipinski definition) is 4. The number of nitrogens with one attached hydrogen (secondary N) is 1. The minimum Gasteiger partial charge on any atom is -0.361 e. The van der Waals surface area contributed by atoms with Gasteiger partial charge in [-0.1, -0.05) is 5.16 Å². The van der Waals surface area contributed by atoms with Crippen LogP contribution < -0.4 is 11.1 Å². The van der Waals surface area contributed by atoms with Crippen molar-refractivity contribution in [3.63, 3.8) is 0 Å². The summed E-state index contributed by atoms with van der Waals surface area (Å²) in [6.45, 7) is 3.96. The Labute approximate surface area is 88.4 Å². The Morgan fingerprint density at radius 3 is 2.86 bits per heavy atom. The van der Waals surface area contributed by atoms with Crippen molar-refractivity contribution in [3.8, 4) is 0 Å². The van der Waals surface area contributed by atoms with Crippen LogP contribution in [-0.2, 0) is 0 Å². The van der Waals surface area contributed by atoms with Gasteiger partial charge in [0.1, 0.15) is 5.76 Å². The zero-order valence-corrected chi connectivity index (χ0v) is 8.93. The van der Waals surface area contributed by atoms with Gasteiger partial charge in [0.15, 0.2) is 5.69 Å². The molecule has 1 aromatic rings. The second kappa shape index (κ2) is 5.62. The number of carbonyl (C=O) groups is 1. The van der Waals surface area contributed by atoms with Crippen LogP contribution in [0.5, 0.6) is 0 Å². The average molecular weight is 220 g/mol. The normalized spacial score (nSPS) is 11.6. The van der Waals surface area contributed by atoms with Crippen LogP contribution in [0, 0.1) is 6.92 Å². The minimum atomic E-state index is -0.255. The van der Waals surface area contributed by atoms with Gasteiger partial charge in [-0.2, -0.15) is 0 Å². The number of hydrogen-bond donors (Lipinski definition) is 2. The third-order valence-electron chi connectivity index (χ3n) is 1.59. The highest BCUT2D eigenvalue weighted by Crippen LogP contribution is 2.01. The highest BCUT2D eigenvalue weighted by molar-refractivity contribution is 5.92. The summed E-state index contributed by atoms with van der Waals surface area (Å²) in [5.41, 5.74) is 5.63. The van der Waals surface area contributed by atoms with Crippen LogP contribution in [0.25, 0.3) is 0 Å². The molecule has 6 heteroatoms. The molecular formula is C8H14ClN3O2. The zero-order valence-electron chi connectivity index (χ0n) is 8.11. The zero-order chi connectivity index (χ0) is 9.84. The molecule has 0 fully saturated rings. The van der Waals surface area contributed by atoms with E-state index in [1.54, 1.807) is 13.0 Å². The number of rotatable bonds is 3. The van der Waals surface area contributed by atoms with Gasteiger partial charge in [0.05, 0.1) is 0 Å². The lowest BCUT2D eigenvalue weighted by Gasteiger charge is -2.08. The fourth-order valence-corrected chi connectivity index (χ4v) is 0.830. The van der Waals surface area contributed by atoms with E-state index in [4.69, 9.17) is 10.3 Å². The molecule has 3 N–H and O–H groups in total. The molecule has 0 saturated carbocycles. The molecule has 0 aliphatic heterocycles. The van der Waals surface area contributed by atoms with Crippen molar-refractivity contribution in [1.82, 2.24) is 10.5 Å². The molecule has 5 nitrogen and oxygen atoms in total. The predicted molar refractivity (Wildman–Crippen MR) is 54.5 cm³/mol. The van der Waals surface area contributed by atoms with Gasteiger partial charge in [-0.25, -0.2) is 0 Å². The Morgan fingerprint density at radius 2 is 2.43 bits per heavy atom. The first-order valence-electron chi connectivity index (χ1n) is 4.07. The van der Waals surface area contributed by atoms with Gasteiger partial charge in [-0.3, -0.25) is 4.79 Å². The van der Waals surface area contributed by atoms with Gasteiger partial charge in [-0.05, 0) is 13.8 Å². The van der Waals surface area contributed by atoms with Gasteiger partial charge in [0, 0.05) is 18.7 Å². The molecule has 0 unspecified atom stereocenters. The lowest BCUT2D eigenvalue weighted by molar-refractivity contribution is 0.0932. The van der Waals surface area contributed by atoms with E-state index in [9.17, 15) is 4.79 Å². The van der Waals surface area contributed by atoms with Crippen molar-refractivity contribution in [2.45, 2.75) is 19.9 Å². The molecular weight excluding hydrogens is 206 g/mol.